The molecule has 0 bridgehead atoms. The Kier molecular flexibility index (Phi) is 3.30. The average Bonchev–Trinajstić information content (AvgIpc) is 3.05. The van der Waals surface area contributed by atoms with Crippen LogP contribution in [0, 0.1) is 0 Å². The summed E-state index contributed by atoms with van der Waals surface area (Å²) in [6.07, 6.45) is 0. The van der Waals surface area contributed by atoms with Gasteiger partial charge in [-0.05, 0) is 36.4 Å². The highest BCUT2D eigenvalue weighted by molar-refractivity contribution is 6.06. The molecule has 1 aliphatic rings. The molecule has 1 aliphatic heterocycles. The molecule has 1 amide bonds. The van der Waals surface area contributed by atoms with E-state index in [9.17, 15) is 9.59 Å². The summed E-state index contributed by atoms with van der Waals surface area (Å²) in [5.74, 6) is 0.916. The van der Waals surface area contributed by atoms with Crippen molar-refractivity contribution in [1.82, 2.24) is 9.55 Å². The first-order valence-corrected chi connectivity index (χ1v) is 7.64. The van der Waals surface area contributed by atoms with Gasteiger partial charge >= 0.3 is 0 Å². The zero-order valence-corrected chi connectivity index (χ0v) is 13.1. The van der Waals surface area contributed by atoms with Crippen LogP contribution >= 0.6 is 0 Å². The van der Waals surface area contributed by atoms with Crippen molar-refractivity contribution in [3.8, 4) is 5.75 Å². The van der Waals surface area contributed by atoms with E-state index in [1.54, 1.807) is 53.0 Å². The predicted molar refractivity (Wildman–Crippen MR) is 90.7 cm³/mol. The van der Waals surface area contributed by atoms with Gasteiger partial charge in [-0.15, -0.1) is 0 Å². The Morgan fingerprint density at radius 2 is 1.83 bits per heavy atom. The Labute approximate surface area is 137 Å². The first-order chi connectivity index (χ1) is 11.7. The zero-order chi connectivity index (χ0) is 16.7. The first-order valence-electron chi connectivity index (χ1n) is 7.64. The summed E-state index contributed by atoms with van der Waals surface area (Å²) in [5.41, 5.74) is 1.02. The standard InChI is InChI=1S/C18H15N3O3/c1-24-13-8-6-12(7-9-13)16(22)20-10-11-21-17(23)14-4-2-3-5-15(14)19-18(20)21/h2-9H,10-11H2,1H3. The van der Waals surface area contributed by atoms with E-state index in [1.165, 1.54) is 0 Å². The van der Waals surface area contributed by atoms with Crippen molar-refractivity contribution in [3.63, 3.8) is 0 Å². The van der Waals surface area contributed by atoms with Crippen LogP contribution in [0.5, 0.6) is 5.75 Å². The van der Waals surface area contributed by atoms with Gasteiger partial charge in [0.05, 0.1) is 18.0 Å². The van der Waals surface area contributed by atoms with Gasteiger partial charge in [-0.25, -0.2) is 4.98 Å². The fraction of sp³-hybridized carbons (Fsp3) is 0.167. The maximum Gasteiger partial charge on any atom is 0.262 e. The highest BCUT2D eigenvalue weighted by atomic mass is 16.5. The number of para-hydroxylation sites is 1. The third-order valence-corrected chi connectivity index (χ3v) is 4.21. The fourth-order valence-corrected chi connectivity index (χ4v) is 2.95. The van der Waals surface area contributed by atoms with Crippen LogP contribution < -0.4 is 15.2 Å². The number of nitrogens with zero attached hydrogens (tertiary/aromatic N) is 3. The lowest BCUT2D eigenvalue weighted by atomic mass is 10.2. The molecule has 0 atom stereocenters. The van der Waals surface area contributed by atoms with E-state index in [0.29, 0.717) is 41.3 Å². The van der Waals surface area contributed by atoms with Crippen LogP contribution in [0.4, 0.5) is 5.95 Å². The third kappa shape index (κ3) is 2.15. The van der Waals surface area contributed by atoms with Crippen molar-refractivity contribution in [1.29, 1.82) is 0 Å². The summed E-state index contributed by atoms with van der Waals surface area (Å²) in [6, 6.07) is 14.1. The molecule has 0 radical (unpaired) electrons. The van der Waals surface area contributed by atoms with Gasteiger partial charge in [0, 0.05) is 18.7 Å². The molecule has 0 saturated carbocycles. The number of methoxy groups -OCH3 is 1. The van der Waals surface area contributed by atoms with Crippen molar-refractivity contribution < 1.29 is 9.53 Å². The number of hydrogen-bond acceptors (Lipinski definition) is 4. The monoisotopic (exact) mass is 321 g/mol. The molecule has 0 spiro atoms. The molecule has 1 aromatic heterocycles. The van der Waals surface area contributed by atoms with Gasteiger partial charge in [0.25, 0.3) is 11.5 Å². The van der Waals surface area contributed by atoms with Gasteiger partial charge in [0.2, 0.25) is 5.95 Å². The number of carbonyl (C=O) groups is 1. The summed E-state index contributed by atoms with van der Waals surface area (Å²) in [4.78, 5) is 31.4. The molecule has 0 aliphatic carbocycles. The number of hydrogen-bond donors (Lipinski definition) is 0. The minimum atomic E-state index is -0.175. The number of rotatable bonds is 2. The summed E-state index contributed by atoms with van der Waals surface area (Å²) in [6.45, 7) is 0.886. The molecule has 3 aromatic rings. The molecule has 6 nitrogen and oxygen atoms in total. The van der Waals surface area contributed by atoms with Gasteiger partial charge < -0.3 is 4.74 Å². The molecule has 2 heterocycles. The van der Waals surface area contributed by atoms with Crippen LogP contribution in [0.1, 0.15) is 10.4 Å². The van der Waals surface area contributed by atoms with E-state index < -0.39 is 0 Å². The molecule has 120 valence electrons. The summed E-state index contributed by atoms with van der Waals surface area (Å²) in [7, 11) is 1.58. The van der Waals surface area contributed by atoms with Crippen molar-refractivity contribution >= 4 is 22.8 Å². The second-order valence-corrected chi connectivity index (χ2v) is 5.57. The zero-order valence-electron chi connectivity index (χ0n) is 13.1. The smallest absolute Gasteiger partial charge is 0.262 e. The molecule has 6 heteroatoms. The average molecular weight is 321 g/mol. The van der Waals surface area contributed by atoms with Crippen molar-refractivity contribution in [2.75, 3.05) is 18.6 Å². The molecular formula is C18H15N3O3. The predicted octanol–water partition coefficient (Wildman–Crippen LogP) is 2.07. The minimum absolute atomic E-state index is 0.111. The SMILES string of the molecule is COc1ccc(C(=O)N2CCn3c2nc2ccccc2c3=O)cc1. The van der Waals surface area contributed by atoms with Crippen LogP contribution in [-0.4, -0.2) is 29.1 Å². The second-order valence-electron chi connectivity index (χ2n) is 5.57. The Morgan fingerprint density at radius 1 is 1.08 bits per heavy atom. The number of fused-ring (bicyclic) bond motifs is 2. The number of aromatic nitrogens is 2. The van der Waals surface area contributed by atoms with E-state index in [1.807, 2.05) is 12.1 Å². The highest BCUT2D eigenvalue weighted by Crippen LogP contribution is 2.22. The number of amides is 1. The lowest BCUT2D eigenvalue weighted by molar-refractivity contribution is 0.0988. The van der Waals surface area contributed by atoms with Crippen LogP contribution in [0.2, 0.25) is 0 Å². The van der Waals surface area contributed by atoms with Crippen LogP contribution in [0.3, 0.4) is 0 Å². The summed E-state index contributed by atoms with van der Waals surface area (Å²) in [5, 5.41) is 0.569. The number of ether oxygens (including phenoxy) is 1. The van der Waals surface area contributed by atoms with E-state index in [0.717, 1.165) is 0 Å². The third-order valence-electron chi connectivity index (χ3n) is 4.21. The Bertz CT molecular complexity index is 993. The number of carbonyl (C=O) groups excluding carboxylic acids is 1. The normalized spacial score (nSPS) is 13.1. The van der Waals surface area contributed by atoms with Crippen LogP contribution in [-0.2, 0) is 6.54 Å². The van der Waals surface area contributed by atoms with E-state index in [4.69, 9.17) is 4.74 Å². The van der Waals surface area contributed by atoms with E-state index in [-0.39, 0.29) is 11.5 Å². The maximum atomic E-state index is 12.8. The summed E-state index contributed by atoms with van der Waals surface area (Å²) >= 11 is 0. The van der Waals surface area contributed by atoms with Gasteiger partial charge in [0.15, 0.2) is 0 Å². The van der Waals surface area contributed by atoms with Gasteiger partial charge in [-0.2, -0.15) is 0 Å². The van der Waals surface area contributed by atoms with Crippen molar-refractivity contribution in [3.05, 3.63) is 64.4 Å². The minimum Gasteiger partial charge on any atom is -0.497 e. The molecule has 0 N–H and O–H groups in total. The molecule has 0 saturated heterocycles. The lowest BCUT2D eigenvalue weighted by Gasteiger charge is -2.16. The van der Waals surface area contributed by atoms with Crippen LogP contribution in [0.25, 0.3) is 10.9 Å². The molecular weight excluding hydrogens is 306 g/mol. The lowest BCUT2D eigenvalue weighted by Crippen LogP contribution is -2.30. The number of benzene rings is 2. The maximum absolute atomic E-state index is 12.8. The highest BCUT2D eigenvalue weighted by Gasteiger charge is 2.28. The second kappa shape index (κ2) is 5.49. The molecule has 4 rings (SSSR count). The van der Waals surface area contributed by atoms with Gasteiger partial charge in [0.1, 0.15) is 5.75 Å². The van der Waals surface area contributed by atoms with Crippen molar-refractivity contribution in [2.45, 2.75) is 6.54 Å². The topological polar surface area (TPSA) is 64.4 Å². The van der Waals surface area contributed by atoms with E-state index >= 15 is 0 Å². The molecule has 0 fully saturated rings. The number of anilines is 1. The van der Waals surface area contributed by atoms with Crippen molar-refractivity contribution in [2.24, 2.45) is 0 Å². The first kappa shape index (κ1) is 14.4. The Hall–Kier alpha value is -3.15. The largest absolute Gasteiger partial charge is 0.497 e. The Balaban J connectivity index is 1.78. The van der Waals surface area contributed by atoms with Gasteiger partial charge in [-0.1, -0.05) is 12.1 Å². The summed E-state index contributed by atoms with van der Waals surface area (Å²) < 4.78 is 6.67. The molecule has 0 unspecified atom stereocenters. The quantitative estimate of drug-likeness (QED) is 0.725. The molecule has 2 aromatic carbocycles. The Morgan fingerprint density at radius 3 is 2.58 bits per heavy atom. The van der Waals surface area contributed by atoms with E-state index in [2.05, 4.69) is 4.98 Å². The molecule has 24 heavy (non-hydrogen) atoms. The van der Waals surface area contributed by atoms with Crippen LogP contribution in [0.15, 0.2) is 53.3 Å². The van der Waals surface area contributed by atoms with Gasteiger partial charge in [-0.3, -0.25) is 19.1 Å². The fourth-order valence-electron chi connectivity index (χ4n) is 2.95.